The van der Waals surface area contributed by atoms with Gasteiger partial charge in [-0.15, -0.1) is 0 Å². The molecule has 1 N–H and O–H groups in total. The Morgan fingerprint density at radius 3 is 3.06 bits per heavy atom. The van der Waals surface area contributed by atoms with E-state index in [1.165, 1.54) is 0 Å². The first-order valence-corrected chi connectivity index (χ1v) is 5.84. The van der Waals surface area contributed by atoms with Gasteiger partial charge >= 0.3 is 0 Å². The normalized spacial score (nSPS) is 11.3. The van der Waals surface area contributed by atoms with Gasteiger partial charge in [0.15, 0.2) is 0 Å². The van der Waals surface area contributed by atoms with Crippen LogP contribution in [0.4, 0.5) is 0 Å². The number of nitrogens with zero attached hydrogens (tertiary/aromatic N) is 3. The molecule has 0 aliphatic heterocycles. The summed E-state index contributed by atoms with van der Waals surface area (Å²) in [4.78, 5) is 4.23. The van der Waals surface area contributed by atoms with Gasteiger partial charge in [-0.05, 0) is 13.0 Å². The predicted molar refractivity (Wildman–Crippen MR) is 66.4 cm³/mol. The van der Waals surface area contributed by atoms with Crippen molar-refractivity contribution in [3.05, 3.63) is 24.2 Å². The summed E-state index contributed by atoms with van der Waals surface area (Å²) >= 11 is 0. The summed E-state index contributed by atoms with van der Waals surface area (Å²) in [5.74, 6) is 0.638. The van der Waals surface area contributed by atoms with Gasteiger partial charge in [-0.25, -0.2) is 9.50 Å². The van der Waals surface area contributed by atoms with E-state index < -0.39 is 0 Å². The average molecular weight is 234 g/mol. The summed E-state index contributed by atoms with van der Waals surface area (Å²) in [5, 5.41) is 7.61. The van der Waals surface area contributed by atoms with Crippen LogP contribution in [-0.2, 0) is 0 Å². The highest BCUT2D eigenvalue weighted by molar-refractivity contribution is 5.56. The van der Waals surface area contributed by atoms with Crippen molar-refractivity contribution < 1.29 is 4.74 Å². The first-order valence-electron chi connectivity index (χ1n) is 5.84. The Morgan fingerprint density at radius 2 is 2.29 bits per heavy atom. The van der Waals surface area contributed by atoms with Crippen molar-refractivity contribution >= 4 is 5.52 Å². The number of hydrogen-bond donors (Lipinski definition) is 1. The quantitative estimate of drug-likeness (QED) is 0.795. The maximum absolute atomic E-state index is 5.65. The third kappa shape index (κ3) is 2.94. The summed E-state index contributed by atoms with van der Waals surface area (Å²) in [6, 6.07) is 2.44. The lowest BCUT2D eigenvalue weighted by Crippen LogP contribution is -2.27. The molecule has 0 atom stereocenters. The first-order chi connectivity index (χ1) is 8.16. The van der Waals surface area contributed by atoms with Crippen molar-refractivity contribution in [3.8, 4) is 5.88 Å². The molecule has 2 aromatic rings. The molecule has 0 bridgehead atoms. The molecule has 0 aliphatic carbocycles. The Hall–Kier alpha value is -1.62. The number of fused-ring (bicyclic) bond motifs is 1. The van der Waals surface area contributed by atoms with E-state index in [2.05, 4.69) is 29.2 Å². The van der Waals surface area contributed by atoms with Crippen molar-refractivity contribution in [2.24, 2.45) is 0 Å². The van der Waals surface area contributed by atoms with Gasteiger partial charge in [0.1, 0.15) is 12.1 Å². The molecule has 2 heterocycles. The maximum atomic E-state index is 5.65. The first kappa shape index (κ1) is 11.9. The minimum Gasteiger partial charge on any atom is -0.475 e. The van der Waals surface area contributed by atoms with Crippen LogP contribution in [0.25, 0.3) is 5.52 Å². The number of ether oxygens (including phenoxy) is 1. The number of aromatic nitrogens is 3. The average Bonchev–Trinajstić information content (AvgIpc) is 2.65. The standard InChI is InChI=1S/C12H18N4O/c1-9(2)13-5-7-17-12-11-8-10(3)15-16(11)6-4-14-12/h4,6,8-9,13H,5,7H2,1-3H3. The number of aryl methyl sites for hydroxylation is 1. The fourth-order valence-corrected chi connectivity index (χ4v) is 1.63. The van der Waals surface area contributed by atoms with Crippen LogP contribution in [0.15, 0.2) is 18.5 Å². The molecule has 92 valence electrons. The fourth-order valence-electron chi connectivity index (χ4n) is 1.63. The zero-order valence-corrected chi connectivity index (χ0v) is 10.5. The third-order valence-corrected chi connectivity index (χ3v) is 2.37. The van der Waals surface area contributed by atoms with E-state index in [0.29, 0.717) is 18.5 Å². The van der Waals surface area contributed by atoms with E-state index in [4.69, 9.17) is 4.74 Å². The molecule has 2 rings (SSSR count). The minimum absolute atomic E-state index is 0.472. The molecule has 5 nitrogen and oxygen atoms in total. The molecule has 0 radical (unpaired) electrons. The van der Waals surface area contributed by atoms with Crippen molar-refractivity contribution in [2.45, 2.75) is 26.8 Å². The van der Waals surface area contributed by atoms with E-state index in [9.17, 15) is 0 Å². The maximum Gasteiger partial charge on any atom is 0.240 e. The molecular weight excluding hydrogens is 216 g/mol. The molecule has 17 heavy (non-hydrogen) atoms. The monoisotopic (exact) mass is 234 g/mol. The Balaban J connectivity index is 2.03. The minimum atomic E-state index is 0.472. The highest BCUT2D eigenvalue weighted by Crippen LogP contribution is 2.16. The van der Waals surface area contributed by atoms with E-state index in [0.717, 1.165) is 17.8 Å². The zero-order valence-electron chi connectivity index (χ0n) is 10.5. The number of nitrogens with one attached hydrogen (secondary N) is 1. The zero-order chi connectivity index (χ0) is 12.3. The molecule has 0 spiro atoms. The Kier molecular flexibility index (Phi) is 3.58. The second kappa shape index (κ2) is 5.14. The van der Waals surface area contributed by atoms with Crippen LogP contribution in [0.3, 0.4) is 0 Å². The van der Waals surface area contributed by atoms with E-state index >= 15 is 0 Å². The van der Waals surface area contributed by atoms with Crippen molar-refractivity contribution in [2.75, 3.05) is 13.2 Å². The largest absolute Gasteiger partial charge is 0.475 e. The van der Waals surface area contributed by atoms with Crippen LogP contribution in [0.5, 0.6) is 5.88 Å². The van der Waals surface area contributed by atoms with Crippen LogP contribution >= 0.6 is 0 Å². The Morgan fingerprint density at radius 1 is 1.47 bits per heavy atom. The van der Waals surface area contributed by atoms with Gasteiger partial charge in [-0.2, -0.15) is 5.10 Å². The van der Waals surface area contributed by atoms with Gasteiger partial charge in [0.05, 0.1) is 5.69 Å². The van der Waals surface area contributed by atoms with E-state index in [-0.39, 0.29) is 0 Å². The summed E-state index contributed by atoms with van der Waals surface area (Å²) in [6.45, 7) is 7.60. The smallest absolute Gasteiger partial charge is 0.240 e. The molecule has 0 amide bonds. The van der Waals surface area contributed by atoms with Crippen LogP contribution in [-0.4, -0.2) is 33.8 Å². The SMILES string of the molecule is Cc1cc2c(OCCNC(C)C)nccn2n1. The number of rotatable bonds is 5. The third-order valence-electron chi connectivity index (χ3n) is 2.37. The summed E-state index contributed by atoms with van der Waals surface area (Å²) in [7, 11) is 0. The molecule has 0 aliphatic rings. The molecule has 5 heteroatoms. The summed E-state index contributed by atoms with van der Waals surface area (Å²) < 4.78 is 7.43. The van der Waals surface area contributed by atoms with Crippen LogP contribution < -0.4 is 10.1 Å². The lowest BCUT2D eigenvalue weighted by molar-refractivity contribution is 0.300. The van der Waals surface area contributed by atoms with Crippen LogP contribution in [0.2, 0.25) is 0 Å². The topological polar surface area (TPSA) is 51.5 Å². The van der Waals surface area contributed by atoms with Crippen molar-refractivity contribution in [1.29, 1.82) is 0 Å². The lowest BCUT2D eigenvalue weighted by atomic mass is 10.4. The summed E-state index contributed by atoms with van der Waals surface area (Å²) in [6.07, 6.45) is 3.52. The second-order valence-corrected chi connectivity index (χ2v) is 4.31. The van der Waals surface area contributed by atoms with Gasteiger partial charge < -0.3 is 10.1 Å². The van der Waals surface area contributed by atoms with Crippen molar-refractivity contribution in [3.63, 3.8) is 0 Å². The van der Waals surface area contributed by atoms with Crippen LogP contribution in [0, 0.1) is 6.92 Å². The molecule has 0 unspecified atom stereocenters. The van der Waals surface area contributed by atoms with E-state index in [1.54, 1.807) is 10.7 Å². The Labute approximate surface area is 101 Å². The predicted octanol–water partition coefficient (Wildman–Crippen LogP) is 1.41. The highest BCUT2D eigenvalue weighted by Gasteiger charge is 2.05. The van der Waals surface area contributed by atoms with Gasteiger partial charge in [-0.3, -0.25) is 0 Å². The van der Waals surface area contributed by atoms with Gasteiger partial charge in [0.2, 0.25) is 5.88 Å². The van der Waals surface area contributed by atoms with Gasteiger partial charge in [-0.1, -0.05) is 13.8 Å². The molecular formula is C12H18N4O. The lowest BCUT2D eigenvalue weighted by Gasteiger charge is -2.09. The molecule has 0 saturated heterocycles. The molecule has 0 saturated carbocycles. The molecule has 0 fully saturated rings. The number of hydrogen-bond acceptors (Lipinski definition) is 4. The van der Waals surface area contributed by atoms with Crippen LogP contribution in [0.1, 0.15) is 19.5 Å². The highest BCUT2D eigenvalue weighted by atomic mass is 16.5. The second-order valence-electron chi connectivity index (χ2n) is 4.31. The summed E-state index contributed by atoms with van der Waals surface area (Å²) in [5.41, 5.74) is 1.87. The molecule has 2 aromatic heterocycles. The fraction of sp³-hybridized carbons (Fsp3) is 0.500. The van der Waals surface area contributed by atoms with E-state index in [1.807, 2.05) is 19.2 Å². The van der Waals surface area contributed by atoms with Crippen molar-refractivity contribution in [1.82, 2.24) is 19.9 Å². The van der Waals surface area contributed by atoms with Gasteiger partial charge in [0.25, 0.3) is 0 Å². The molecule has 0 aromatic carbocycles. The Bertz CT molecular complexity index is 492. The van der Waals surface area contributed by atoms with Gasteiger partial charge in [0, 0.05) is 25.0 Å².